The van der Waals surface area contributed by atoms with Crippen molar-refractivity contribution in [2.24, 2.45) is 11.8 Å². The summed E-state index contributed by atoms with van der Waals surface area (Å²) >= 11 is 0. The van der Waals surface area contributed by atoms with Crippen LogP contribution < -0.4 is 0 Å². The van der Waals surface area contributed by atoms with Gasteiger partial charge in [-0.15, -0.1) is 0 Å². The number of hydrogen-bond acceptors (Lipinski definition) is 3. The molecule has 0 radical (unpaired) electrons. The second kappa shape index (κ2) is 7.22. The molecule has 3 aliphatic heterocycles. The van der Waals surface area contributed by atoms with Gasteiger partial charge in [0, 0.05) is 51.0 Å². The van der Waals surface area contributed by atoms with Gasteiger partial charge in [-0.05, 0) is 55.6 Å². The summed E-state index contributed by atoms with van der Waals surface area (Å²) in [6.07, 6.45) is 11.9. The monoisotopic (exact) mass is 327 g/mol. The van der Waals surface area contributed by atoms with Gasteiger partial charge in [-0.2, -0.15) is 0 Å². The largest absolute Gasteiger partial charge is 0.341 e. The Bertz CT molecular complexity index is 557. The van der Waals surface area contributed by atoms with Gasteiger partial charge in [-0.3, -0.25) is 14.7 Å². The predicted octanol–water partition coefficient (Wildman–Crippen LogP) is 2.74. The van der Waals surface area contributed by atoms with Gasteiger partial charge in [0.05, 0.1) is 0 Å². The molecule has 2 bridgehead atoms. The highest BCUT2D eigenvalue weighted by molar-refractivity contribution is 5.76. The Morgan fingerprint density at radius 1 is 1.17 bits per heavy atom. The number of amides is 1. The average Bonchev–Trinajstić information content (AvgIpc) is 2.89. The van der Waals surface area contributed by atoms with Crippen LogP contribution in [0.4, 0.5) is 0 Å². The lowest BCUT2D eigenvalue weighted by atomic mass is 9.83. The summed E-state index contributed by atoms with van der Waals surface area (Å²) < 4.78 is 0. The van der Waals surface area contributed by atoms with Crippen LogP contribution in [0.5, 0.6) is 0 Å². The SMILES string of the molecule is O=C(CCc1cccnc1)N1C[C@H]2CC[C@@H](C1)N(CC1CCC1)C2. The second-order valence-electron chi connectivity index (χ2n) is 8.01. The number of fused-ring (bicyclic) bond motifs is 4. The molecule has 1 aliphatic carbocycles. The smallest absolute Gasteiger partial charge is 0.222 e. The van der Waals surface area contributed by atoms with Crippen molar-refractivity contribution >= 4 is 5.91 Å². The molecule has 0 unspecified atom stereocenters. The van der Waals surface area contributed by atoms with E-state index in [0.717, 1.165) is 31.0 Å². The van der Waals surface area contributed by atoms with Crippen LogP contribution in [-0.2, 0) is 11.2 Å². The summed E-state index contributed by atoms with van der Waals surface area (Å²) in [5, 5.41) is 0. The number of piperidine rings is 1. The number of aromatic nitrogens is 1. The molecule has 4 aliphatic rings. The van der Waals surface area contributed by atoms with Crippen LogP contribution in [0.3, 0.4) is 0 Å². The molecule has 3 saturated heterocycles. The third-order valence-electron chi connectivity index (χ3n) is 6.25. The van der Waals surface area contributed by atoms with Crippen molar-refractivity contribution in [3.8, 4) is 0 Å². The zero-order valence-electron chi connectivity index (χ0n) is 14.6. The summed E-state index contributed by atoms with van der Waals surface area (Å²) in [7, 11) is 0. The molecule has 130 valence electrons. The molecule has 4 heterocycles. The number of nitrogens with zero attached hydrogens (tertiary/aromatic N) is 3. The zero-order chi connectivity index (χ0) is 16.4. The molecule has 4 nitrogen and oxygen atoms in total. The Hall–Kier alpha value is -1.42. The summed E-state index contributed by atoms with van der Waals surface area (Å²) in [5.41, 5.74) is 1.16. The van der Waals surface area contributed by atoms with Gasteiger partial charge in [0.25, 0.3) is 0 Å². The normalized spacial score (nSPS) is 27.8. The highest BCUT2D eigenvalue weighted by atomic mass is 16.2. The number of pyridine rings is 1. The minimum absolute atomic E-state index is 0.334. The maximum atomic E-state index is 12.7. The molecule has 0 spiro atoms. The second-order valence-corrected chi connectivity index (χ2v) is 8.01. The van der Waals surface area contributed by atoms with Crippen molar-refractivity contribution in [1.82, 2.24) is 14.8 Å². The van der Waals surface area contributed by atoms with Gasteiger partial charge in [0.15, 0.2) is 0 Å². The molecule has 4 heteroatoms. The van der Waals surface area contributed by atoms with Crippen molar-refractivity contribution < 1.29 is 4.79 Å². The molecule has 0 N–H and O–H groups in total. The van der Waals surface area contributed by atoms with E-state index >= 15 is 0 Å². The Balaban J connectivity index is 1.33. The Morgan fingerprint density at radius 2 is 2.08 bits per heavy atom. The number of rotatable bonds is 5. The lowest BCUT2D eigenvalue weighted by Gasteiger charge is -2.40. The predicted molar refractivity (Wildman–Crippen MR) is 94.6 cm³/mol. The molecule has 1 amide bonds. The summed E-state index contributed by atoms with van der Waals surface area (Å²) in [6.45, 7) is 4.42. The number of aryl methyl sites for hydroxylation is 1. The van der Waals surface area contributed by atoms with Crippen molar-refractivity contribution in [3.63, 3.8) is 0 Å². The Labute approximate surface area is 145 Å². The maximum Gasteiger partial charge on any atom is 0.222 e. The van der Waals surface area contributed by atoms with Gasteiger partial charge in [0.2, 0.25) is 5.91 Å². The van der Waals surface area contributed by atoms with E-state index < -0.39 is 0 Å². The topological polar surface area (TPSA) is 36.4 Å². The molecule has 1 aromatic heterocycles. The first-order valence-corrected chi connectivity index (χ1v) is 9.68. The van der Waals surface area contributed by atoms with E-state index in [-0.39, 0.29) is 0 Å². The summed E-state index contributed by atoms with van der Waals surface area (Å²) in [6, 6.07) is 4.61. The standard InChI is InChI=1S/C20H29N3O/c24-20(9-7-16-5-2-10-21-11-16)23-14-18-6-8-19(15-23)22(13-18)12-17-3-1-4-17/h2,5,10-11,17-19H,1,3-4,6-9,12-15H2/t18-,19-/m0/s1. The quantitative estimate of drug-likeness (QED) is 0.834. The fraction of sp³-hybridized carbons (Fsp3) is 0.700. The van der Waals surface area contributed by atoms with Crippen LogP contribution in [0.1, 0.15) is 44.1 Å². The maximum absolute atomic E-state index is 12.7. The Morgan fingerprint density at radius 3 is 2.83 bits per heavy atom. The van der Waals surface area contributed by atoms with Crippen LogP contribution in [0.2, 0.25) is 0 Å². The van der Waals surface area contributed by atoms with Gasteiger partial charge >= 0.3 is 0 Å². The first-order valence-electron chi connectivity index (χ1n) is 9.68. The van der Waals surface area contributed by atoms with E-state index in [4.69, 9.17) is 0 Å². The lowest BCUT2D eigenvalue weighted by molar-refractivity contribution is -0.131. The van der Waals surface area contributed by atoms with E-state index in [1.54, 1.807) is 6.20 Å². The molecular formula is C20H29N3O. The minimum atomic E-state index is 0.334. The molecule has 1 saturated carbocycles. The van der Waals surface area contributed by atoms with Crippen LogP contribution in [0.15, 0.2) is 24.5 Å². The van der Waals surface area contributed by atoms with Crippen LogP contribution in [0.25, 0.3) is 0 Å². The molecule has 0 aromatic carbocycles. The highest BCUT2D eigenvalue weighted by Gasteiger charge is 2.37. The Kier molecular flexibility index (Phi) is 4.83. The van der Waals surface area contributed by atoms with E-state index in [9.17, 15) is 4.79 Å². The van der Waals surface area contributed by atoms with Crippen molar-refractivity contribution in [1.29, 1.82) is 0 Å². The zero-order valence-corrected chi connectivity index (χ0v) is 14.6. The molecule has 4 fully saturated rings. The van der Waals surface area contributed by atoms with E-state index in [1.165, 1.54) is 45.2 Å². The van der Waals surface area contributed by atoms with E-state index in [0.29, 0.717) is 24.3 Å². The fourth-order valence-electron chi connectivity index (χ4n) is 4.57. The fourth-order valence-corrected chi connectivity index (χ4v) is 4.57. The van der Waals surface area contributed by atoms with Crippen molar-refractivity contribution in [3.05, 3.63) is 30.1 Å². The van der Waals surface area contributed by atoms with Gasteiger partial charge in [-0.25, -0.2) is 0 Å². The first-order chi connectivity index (χ1) is 11.8. The summed E-state index contributed by atoms with van der Waals surface area (Å²) in [4.78, 5) is 21.8. The highest BCUT2D eigenvalue weighted by Crippen LogP contribution is 2.33. The number of hydrogen-bond donors (Lipinski definition) is 0. The minimum Gasteiger partial charge on any atom is -0.341 e. The van der Waals surface area contributed by atoms with Gasteiger partial charge < -0.3 is 4.90 Å². The average molecular weight is 327 g/mol. The lowest BCUT2D eigenvalue weighted by Crippen LogP contribution is -2.47. The van der Waals surface area contributed by atoms with E-state index in [2.05, 4.69) is 20.9 Å². The number of carbonyl (C=O) groups excluding carboxylic acids is 1. The molecule has 5 rings (SSSR count). The van der Waals surface area contributed by atoms with Crippen LogP contribution >= 0.6 is 0 Å². The first kappa shape index (κ1) is 16.1. The number of carbonyl (C=O) groups is 1. The van der Waals surface area contributed by atoms with Crippen LogP contribution in [-0.4, -0.2) is 52.9 Å². The van der Waals surface area contributed by atoms with Crippen molar-refractivity contribution in [2.75, 3.05) is 26.2 Å². The van der Waals surface area contributed by atoms with Gasteiger partial charge in [-0.1, -0.05) is 12.5 Å². The van der Waals surface area contributed by atoms with Gasteiger partial charge in [0.1, 0.15) is 0 Å². The molecule has 2 atom stereocenters. The molecule has 1 aromatic rings. The summed E-state index contributed by atoms with van der Waals surface area (Å²) in [5.74, 6) is 1.95. The molecule has 24 heavy (non-hydrogen) atoms. The van der Waals surface area contributed by atoms with Crippen LogP contribution in [0, 0.1) is 11.8 Å². The third kappa shape index (κ3) is 3.64. The molecular weight excluding hydrogens is 298 g/mol. The van der Waals surface area contributed by atoms with Crippen molar-refractivity contribution in [2.45, 2.75) is 51.0 Å². The third-order valence-corrected chi connectivity index (χ3v) is 6.25. The van der Waals surface area contributed by atoms with E-state index in [1.807, 2.05) is 12.3 Å².